The summed E-state index contributed by atoms with van der Waals surface area (Å²) in [5.74, 6) is 1.07. The molecule has 0 unspecified atom stereocenters. The van der Waals surface area contributed by atoms with E-state index in [0.717, 1.165) is 35.7 Å². The van der Waals surface area contributed by atoms with Gasteiger partial charge < -0.3 is 15.5 Å². The summed E-state index contributed by atoms with van der Waals surface area (Å²) in [6, 6.07) is 14.9. The molecule has 0 heterocycles. The van der Waals surface area contributed by atoms with Crippen LogP contribution in [0.3, 0.4) is 0 Å². The minimum absolute atomic E-state index is 0.268. The first-order valence-electron chi connectivity index (χ1n) is 7.74. The third-order valence-electron chi connectivity index (χ3n) is 3.56. The highest BCUT2D eigenvalue weighted by molar-refractivity contribution is 6.18. The SMILES string of the molecule is Cc1cc(N(CCCl)CCCl)ccc1NC(=O)Nc1ccccc1. The second-order valence-corrected chi connectivity index (χ2v) is 6.07. The van der Waals surface area contributed by atoms with E-state index in [2.05, 4.69) is 15.5 Å². The van der Waals surface area contributed by atoms with Crippen molar-refractivity contribution in [2.45, 2.75) is 6.92 Å². The van der Waals surface area contributed by atoms with Crippen molar-refractivity contribution in [1.82, 2.24) is 0 Å². The number of nitrogens with one attached hydrogen (secondary N) is 2. The normalized spacial score (nSPS) is 10.3. The Kier molecular flexibility index (Phi) is 7.22. The molecule has 0 aliphatic heterocycles. The maximum absolute atomic E-state index is 12.1. The van der Waals surface area contributed by atoms with Crippen molar-refractivity contribution >= 4 is 46.3 Å². The van der Waals surface area contributed by atoms with Crippen LogP contribution in [-0.4, -0.2) is 30.9 Å². The minimum Gasteiger partial charge on any atom is -0.369 e. The fraction of sp³-hybridized carbons (Fsp3) is 0.278. The van der Waals surface area contributed by atoms with Crippen LogP contribution < -0.4 is 15.5 Å². The van der Waals surface area contributed by atoms with Gasteiger partial charge in [0.25, 0.3) is 0 Å². The van der Waals surface area contributed by atoms with Gasteiger partial charge in [-0.2, -0.15) is 0 Å². The summed E-state index contributed by atoms with van der Waals surface area (Å²) < 4.78 is 0. The number of halogens is 2. The molecule has 6 heteroatoms. The number of rotatable bonds is 7. The van der Waals surface area contributed by atoms with Crippen LogP contribution >= 0.6 is 23.2 Å². The molecule has 2 amide bonds. The Balaban J connectivity index is 2.05. The molecule has 2 rings (SSSR count). The van der Waals surface area contributed by atoms with Gasteiger partial charge in [-0.15, -0.1) is 23.2 Å². The smallest absolute Gasteiger partial charge is 0.323 e. The molecule has 0 fully saturated rings. The van der Waals surface area contributed by atoms with E-state index in [9.17, 15) is 4.79 Å². The number of hydrogen-bond donors (Lipinski definition) is 2. The van der Waals surface area contributed by atoms with Gasteiger partial charge >= 0.3 is 6.03 Å². The van der Waals surface area contributed by atoms with Crippen LogP contribution in [0.5, 0.6) is 0 Å². The van der Waals surface area contributed by atoms with Gasteiger partial charge in [0.1, 0.15) is 0 Å². The maximum Gasteiger partial charge on any atom is 0.323 e. The molecule has 0 radical (unpaired) electrons. The molecule has 0 atom stereocenters. The van der Waals surface area contributed by atoms with E-state index in [1.807, 2.05) is 55.5 Å². The van der Waals surface area contributed by atoms with Gasteiger partial charge in [0.05, 0.1) is 0 Å². The van der Waals surface area contributed by atoms with Crippen molar-refractivity contribution in [2.75, 3.05) is 40.4 Å². The molecule has 0 saturated carbocycles. The summed E-state index contributed by atoms with van der Waals surface area (Å²) >= 11 is 11.7. The maximum atomic E-state index is 12.1. The zero-order valence-electron chi connectivity index (χ0n) is 13.6. The van der Waals surface area contributed by atoms with Crippen LogP contribution in [0.2, 0.25) is 0 Å². The molecule has 4 nitrogen and oxygen atoms in total. The predicted molar refractivity (Wildman–Crippen MR) is 104 cm³/mol. The summed E-state index contributed by atoms with van der Waals surface area (Å²) in [6.45, 7) is 3.42. The highest BCUT2D eigenvalue weighted by Crippen LogP contribution is 2.23. The number of alkyl halides is 2. The van der Waals surface area contributed by atoms with Crippen LogP contribution in [0, 0.1) is 6.92 Å². The molecule has 0 bridgehead atoms. The van der Waals surface area contributed by atoms with Gasteiger partial charge in [-0.3, -0.25) is 0 Å². The molecule has 0 spiro atoms. The molecule has 128 valence electrons. The number of hydrogen-bond acceptors (Lipinski definition) is 2. The van der Waals surface area contributed by atoms with Crippen LogP contribution in [-0.2, 0) is 0 Å². The van der Waals surface area contributed by atoms with Crippen LogP contribution in [0.4, 0.5) is 21.9 Å². The molecule has 2 aromatic carbocycles. The quantitative estimate of drug-likeness (QED) is 0.683. The van der Waals surface area contributed by atoms with E-state index in [-0.39, 0.29) is 6.03 Å². The summed E-state index contributed by atoms with van der Waals surface area (Å²) in [4.78, 5) is 14.2. The number of benzene rings is 2. The largest absolute Gasteiger partial charge is 0.369 e. The second kappa shape index (κ2) is 9.40. The number of carbonyl (C=O) groups excluding carboxylic acids is 1. The summed E-state index contributed by atoms with van der Waals surface area (Å²) in [7, 11) is 0. The molecule has 0 aliphatic carbocycles. The minimum atomic E-state index is -0.268. The Hall–Kier alpha value is -1.91. The van der Waals surface area contributed by atoms with Crippen LogP contribution in [0.15, 0.2) is 48.5 Å². The zero-order valence-corrected chi connectivity index (χ0v) is 15.1. The summed E-state index contributed by atoms with van der Waals surface area (Å²) in [5, 5.41) is 5.67. The molecule has 2 N–H and O–H groups in total. The average molecular weight is 366 g/mol. The Labute approximate surface area is 152 Å². The van der Waals surface area contributed by atoms with Gasteiger partial charge in [0.15, 0.2) is 0 Å². The third kappa shape index (κ3) is 5.32. The lowest BCUT2D eigenvalue weighted by Crippen LogP contribution is -2.27. The Morgan fingerprint density at radius 3 is 2.25 bits per heavy atom. The number of urea groups is 1. The van der Waals surface area contributed by atoms with Gasteiger partial charge in [-0.05, 0) is 42.8 Å². The molecular weight excluding hydrogens is 345 g/mol. The van der Waals surface area contributed by atoms with Crippen molar-refractivity contribution in [3.63, 3.8) is 0 Å². The van der Waals surface area contributed by atoms with Gasteiger partial charge in [-0.25, -0.2) is 4.79 Å². The van der Waals surface area contributed by atoms with Gasteiger partial charge in [0.2, 0.25) is 0 Å². The summed E-state index contributed by atoms with van der Waals surface area (Å²) in [6.07, 6.45) is 0. The molecule has 24 heavy (non-hydrogen) atoms. The highest BCUT2D eigenvalue weighted by Gasteiger charge is 2.09. The number of carbonyl (C=O) groups is 1. The number of para-hydroxylation sites is 1. The molecule has 0 aromatic heterocycles. The molecule has 2 aromatic rings. The topological polar surface area (TPSA) is 44.4 Å². The lowest BCUT2D eigenvalue weighted by Gasteiger charge is -2.24. The zero-order chi connectivity index (χ0) is 17.4. The van der Waals surface area contributed by atoms with E-state index in [1.54, 1.807) is 0 Å². The van der Waals surface area contributed by atoms with Crippen molar-refractivity contribution < 1.29 is 4.79 Å². The molecular formula is C18H21Cl2N3O. The number of anilines is 3. The van der Waals surface area contributed by atoms with E-state index in [4.69, 9.17) is 23.2 Å². The van der Waals surface area contributed by atoms with Gasteiger partial charge in [-0.1, -0.05) is 18.2 Å². The van der Waals surface area contributed by atoms with Crippen molar-refractivity contribution in [2.24, 2.45) is 0 Å². The lowest BCUT2D eigenvalue weighted by molar-refractivity contribution is 0.262. The standard InChI is InChI=1S/C18H21Cl2N3O/c1-14-13-16(23(11-9-19)12-10-20)7-8-17(14)22-18(24)21-15-5-3-2-4-6-15/h2-8,13H,9-12H2,1H3,(H2,21,22,24). The van der Waals surface area contributed by atoms with Crippen LogP contribution in [0.25, 0.3) is 0 Å². The predicted octanol–water partition coefficient (Wildman–Crippen LogP) is 4.92. The number of nitrogens with zero attached hydrogens (tertiary/aromatic N) is 1. The number of aryl methyl sites for hydroxylation is 1. The fourth-order valence-electron chi connectivity index (χ4n) is 2.36. The Bertz CT molecular complexity index is 659. The Morgan fingerprint density at radius 1 is 1.00 bits per heavy atom. The van der Waals surface area contributed by atoms with Crippen molar-refractivity contribution in [3.8, 4) is 0 Å². The average Bonchev–Trinajstić information content (AvgIpc) is 2.57. The van der Waals surface area contributed by atoms with E-state index in [0.29, 0.717) is 11.8 Å². The third-order valence-corrected chi connectivity index (χ3v) is 3.90. The lowest BCUT2D eigenvalue weighted by atomic mass is 10.1. The number of amides is 2. The van der Waals surface area contributed by atoms with Crippen molar-refractivity contribution in [1.29, 1.82) is 0 Å². The first-order valence-corrected chi connectivity index (χ1v) is 8.81. The van der Waals surface area contributed by atoms with Crippen LogP contribution in [0.1, 0.15) is 5.56 Å². The first-order chi connectivity index (χ1) is 11.6. The highest BCUT2D eigenvalue weighted by atomic mass is 35.5. The van der Waals surface area contributed by atoms with Crippen molar-refractivity contribution in [3.05, 3.63) is 54.1 Å². The Morgan fingerprint density at radius 2 is 1.67 bits per heavy atom. The van der Waals surface area contributed by atoms with E-state index < -0.39 is 0 Å². The molecule has 0 saturated heterocycles. The van der Waals surface area contributed by atoms with Gasteiger partial charge in [0, 0.05) is 41.9 Å². The first kappa shape index (κ1) is 18.4. The fourth-order valence-corrected chi connectivity index (χ4v) is 2.77. The second-order valence-electron chi connectivity index (χ2n) is 5.31. The summed E-state index contributed by atoms with van der Waals surface area (Å²) in [5.41, 5.74) is 3.54. The van der Waals surface area contributed by atoms with E-state index in [1.165, 1.54) is 0 Å². The monoisotopic (exact) mass is 365 g/mol. The van der Waals surface area contributed by atoms with E-state index >= 15 is 0 Å². The molecule has 0 aliphatic rings.